The Kier molecular flexibility index (Phi) is 20.2. The molecule has 26 heavy (non-hydrogen) atoms. The van der Waals surface area contributed by atoms with Gasteiger partial charge in [-0.15, -0.1) is 11.6 Å². The third-order valence-electron chi connectivity index (χ3n) is 5.74. The summed E-state index contributed by atoms with van der Waals surface area (Å²) < 4.78 is 0. The first-order chi connectivity index (χ1) is 12.7. The van der Waals surface area contributed by atoms with Crippen LogP contribution in [0.3, 0.4) is 0 Å². The van der Waals surface area contributed by atoms with Gasteiger partial charge >= 0.3 is 0 Å². The van der Waals surface area contributed by atoms with Crippen molar-refractivity contribution in [2.24, 2.45) is 0 Å². The van der Waals surface area contributed by atoms with Crippen molar-refractivity contribution in [1.82, 2.24) is 0 Å². The molecule has 0 aromatic rings. The molecule has 0 aliphatic heterocycles. The molecule has 0 amide bonds. The number of hydrogen-bond donors (Lipinski definition) is 1. The van der Waals surface area contributed by atoms with E-state index in [2.05, 4.69) is 13.8 Å². The molecule has 0 heterocycles. The largest absolute Gasteiger partial charge is 0.396 e. The molecule has 0 bridgehead atoms. The second-order valence-corrected chi connectivity index (χ2v) is 9.23. The van der Waals surface area contributed by atoms with Gasteiger partial charge < -0.3 is 5.11 Å². The van der Waals surface area contributed by atoms with Crippen LogP contribution in [0.1, 0.15) is 142 Å². The molecule has 0 aromatic carbocycles. The minimum absolute atomic E-state index is 0.0485. The molecule has 0 spiro atoms. The van der Waals surface area contributed by atoms with Crippen molar-refractivity contribution in [2.75, 3.05) is 6.61 Å². The molecule has 0 radical (unpaired) electrons. The van der Waals surface area contributed by atoms with Gasteiger partial charge in [-0.3, -0.25) is 0 Å². The monoisotopic (exact) mass is 388 g/mol. The number of alkyl halides is 1. The van der Waals surface area contributed by atoms with Crippen LogP contribution in [0.5, 0.6) is 0 Å². The summed E-state index contributed by atoms with van der Waals surface area (Å²) in [4.78, 5) is -0.0485. The Morgan fingerprint density at radius 3 is 1.15 bits per heavy atom. The predicted molar refractivity (Wildman–Crippen MR) is 119 cm³/mol. The lowest BCUT2D eigenvalue weighted by Crippen LogP contribution is -2.22. The minimum atomic E-state index is -0.0485. The lowest BCUT2D eigenvalue weighted by molar-refractivity contribution is 0.268. The van der Waals surface area contributed by atoms with E-state index in [4.69, 9.17) is 11.6 Å². The third kappa shape index (κ3) is 17.7. The summed E-state index contributed by atoms with van der Waals surface area (Å²) in [6.45, 7) is 4.83. The van der Waals surface area contributed by atoms with Crippen molar-refractivity contribution in [3.8, 4) is 0 Å². The van der Waals surface area contributed by atoms with Crippen LogP contribution in [-0.4, -0.2) is 16.6 Å². The summed E-state index contributed by atoms with van der Waals surface area (Å²) in [5, 5.41) is 9.20. The highest BCUT2D eigenvalue weighted by molar-refractivity contribution is 6.23. The zero-order chi connectivity index (χ0) is 19.3. The fourth-order valence-electron chi connectivity index (χ4n) is 3.92. The predicted octanol–water partition coefficient (Wildman–Crippen LogP) is 8.80. The Morgan fingerprint density at radius 1 is 0.500 bits per heavy atom. The third-order valence-corrected chi connectivity index (χ3v) is 6.31. The summed E-state index contributed by atoms with van der Waals surface area (Å²) in [7, 11) is 0. The standard InChI is InChI=1S/C24H49ClO/c1-3-5-7-9-11-13-15-17-20-24(25,22-19-23-26)21-18-16-14-12-10-8-6-4-2/h26H,3-23H2,1-2H3. The molecule has 0 saturated carbocycles. The summed E-state index contributed by atoms with van der Waals surface area (Å²) in [5.74, 6) is 0. The number of hydrogen-bond acceptors (Lipinski definition) is 1. The molecule has 0 unspecified atom stereocenters. The Labute approximate surface area is 170 Å². The second-order valence-electron chi connectivity index (χ2n) is 8.43. The normalized spacial score (nSPS) is 12.0. The van der Waals surface area contributed by atoms with E-state index in [0.29, 0.717) is 0 Å². The molecule has 0 atom stereocenters. The van der Waals surface area contributed by atoms with Crippen LogP contribution in [0, 0.1) is 0 Å². The molecule has 0 saturated heterocycles. The molecule has 1 N–H and O–H groups in total. The zero-order valence-electron chi connectivity index (χ0n) is 18.2. The van der Waals surface area contributed by atoms with Crippen molar-refractivity contribution >= 4 is 11.6 Å². The van der Waals surface area contributed by atoms with Crippen LogP contribution in [-0.2, 0) is 0 Å². The summed E-state index contributed by atoms with van der Waals surface area (Å²) in [6.07, 6.45) is 25.9. The lowest BCUT2D eigenvalue weighted by atomic mass is 9.89. The van der Waals surface area contributed by atoms with Crippen molar-refractivity contribution < 1.29 is 5.11 Å². The molecular formula is C24H49ClO. The van der Waals surface area contributed by atoms with E-state index >= 15 is 0 Å². The smallest absolute Gasteiger partial charge is 0.0447 e. The van der Waals surface area contributed by atoms with E-state index in [1.54, 1.807) is 0 Å². The van der Waals surface area contributed by atoms with E-state index in [1.165, 1.54) is 103 Å². The number of unbranched alkanes of at least 4 members (excludes halogenated alkanes) is 14. The molecule has 0 aliphatic rings. The highest BCUT2D eigenvalue weighted by Crippen LogP contribution is 2.34. The first-order valence-electron chi connectivity index (χ1n) is 12.0. The van der Waals surface area contributed by atoms with Gasteiger partial charge in [-0.25, -0.2) is 0 Å². The molecular weight excluding hydrogens is 340 g/mol. The van der Waals surface area contributed by atoms with E-state index in [9.17, 15) is 5.11 Å². The fraction of sp³-hybridized carbons (Fsp3) is 1.00. The van der Waals surface area contributed by atoms with Crippen LogP contribution >= 0.6 is 11.6 Å². The Balaban J connectivity index is 3.78. The van der Waals surface area contributed by atoms with Crippen molar-refractivity contribution in [1.29, 1.82) is 0 Å². The van der Waals surface area contributed by atoms with Crippen LogP contribution < -0.4 is 0 Å². The maximum atomic E-state index is 9.20. The Morgan fingerprint density at radius 2 is 0.808 bits per heavy atom. The first kappa shape index (κ1) is 26.2. The van der Waals surface area contributed by atoms with E-state index in [1.807, 2.05) is 0 Å². The van der Waals surface area contributed by atoms with E-state index in [-0.39, 0.29) is 11.5 Å². The van der Waals surface area contributed by atoms with E-state index in [0.717, 1.165) is 25.7 Å². The number of halogens is 1. The number of aliphatic hydroxyl groups excluding tert-OH is 1. The molecule has 2 heteroatoms. The maximum Gasteiger partial charge on any atom is 0.0447 e. The van der Waals surface area contributed by atoms with Crippen LogP contribution in [0.15, 0.2) is 0 Å². The topological polar surface area (TPSA) is 20.2 Å². The Hall–Kier alpha value is 0.250. The average Bonchev–Trinajstić information content (AvgIpc) is 2.64. The molecule has 0 fully saturated rings. The Bertz CT molecular complexity index is 247. The molecule has 158 valence electrons. The minimum Gasteiger partial charge on any atom is -0.396 e. The number of rotatable bonds is 21. The summed E-state index contributed by atoms with van der Waals surface area (Å²) in [6, 6.07) is 0. The SMILES string of the molecule is CCCCCCCCCCC(Cl)(CCCO)CCCCCCCCCC. The van der Waals surface area contributed by atoms with Gasteiger partial charge in [0, 0.05) is 11.5 Å². The molecule has 0 rings (SSSR count). The van der Waals surface area contributed by atoms with Crippen molar-refractivity contribution in [3.05, 3.63) is 0 Å². The van der Waals surface area contributed by atoms with Crippen LogP contribution in [0.2, 0.25) is 0 Å². The summed E-state index contributed by atoms with van der Waals surface area (Å²) in [5.41, 5.74) is 0. The van der Waals surface area contributed by atoms with Gasteiger partial charge in [0.25, 0.3) is 0 Å². The van der Waals surface area contributed by atoms with Gasteiger partial charge in [-0.2, -0.15) is 0 Å². The van der Waals surface area contributed by atoms with Crippen LogP contribution in [0.4, 0.5) is 0 Å². The van der Waals surface area contributed by atoms with E-state index < -0.39 is 0 Å². The van der Waals surface area contributed by atoms with Gasteiger partial charge in [0.15, 0.2) is 0 Å². The highest BCUT2D eigenvalue weighted by Gasteiger charge is 2.25. The van der Waals surface area contributed by atoms with Crippen molar-refractivity contribution in [3.63, 3.8) is 0 Å². The molecule has 0 aliphatic carbocycles. The zero-order valence-corrected chi connectivity index (χ0v) is 18.9. The second kappa shape index (κ2) is 20.0. The average molecular weight is 389 g/mol. The van der Waals surface area contributed by atoms with Gasteiger partial charge in [0.1, 0.15) is 0 Å². The number of aliphatic hydroxyl groups is 1. The van der Waals surface area contributed by atoms with Gasteiger partial charge in [-0.1, -0.05) is 117 Å². The van der Waals surface area contributed by atoms with Gasteiger partial charge in [-0.05, 0) is 25.7 Å². The van der Waals surface area contributed by atoms with Crippen molar-refractivity contribution in [2.45, 2.75) is 147 Å². The fourth-order valence-corrected chi connectivity index (χ4v) is 4.32. The molecule has 1 nitrogen and oxygen atoms in total. The lowest BCUT2D eigenvalue weighted by Gasteiger charge is -2.27. The quantitative estimate of drug-likeness (QED) is 0.154. The molecule has 0 aromatic heterocycles. The van der Waals surface area contributed by atoms with Gasteiger partial charge in [0.2, 0.25) is 0 Å². The maximum absolute atomic E-state index is 9.20. The van der Waals surface area contributed by atoms with Crippen LogP contribution in [0.25, 0.3) is 0 Å². The first-order valence-corrected chi connectivity index (χ1v) is 12.4. The highest BCUT2D eigenvalue weighted by atomic mass is 35.5. The summed E-state index contributed by atoms with van der Waals surface area (Å²) >= 11 is 6.97. The van der Waals surface area contributed by atoms with Gasteiger partial charge in [0.05, 0.1) is 0 Å².